The van der Waals surface area contributed by atoms with Crippen molar-refractivity contribution in [1.29, 1.82) is 0 Å². The molecule has 1 fully saturated rings. The normalized spacial score (nSPS) is 18.2. The Bertz CT molecular complexity index is 477. The summed E-state index contributed by atoms with van der Waals surface area (Å²) >= 11 is 1.43. The maximum Gasteiger partial charge on any atom is 0.327 e. The number of rotatable bonds is 3. The highest BCUT2D eigenvalue weighted by molar-refractivity contribution is 7.99. The summed E-state index contributed by atoms with van der Waals surface area (Å²) in [5, 5.41) is 11.7. The summed E-state index contributed by atoms with van der Waals surface area (Å²) in [6.45, 7) is 0. The number of nitrogens with one attached hydrogen (secondary N) is 1. The molecule has 1 saturated heterocycles. The molecule has 2 amide bonds. The van der Waals surface area contributed by atoms with E-state index in [2.05, 4.69) is 5.32 Å². The highest BCUT2D eigenvalue weighted by atomic mass is 32.2. The van der Waals surface area contributed by atoms with Gasteiger partial charge >= 0.3 is 12.0 Å². The van der Waals surface area contributed by atoms with Crippen LogP contribution in [0.25, 0.3) is 0 Å². The van der Waals surface area contributed by atoms with E-state index in [1.807, 2.05) is 0 Å². The van der Waals surface area contributed by atoms with Gasteiger partial charge in [-0.25, -0.2) is 9.59 Å². The second kappa shape index (κ2) is 5.83. The molecule has 6 nitrogen and oxygen atoms in total. The number of aliphatic carboxylic acids is 1. The summed E-state index contributed by atoms with van der Waals surface area (Å²) in [7, 11) is 1.56. The molecule has 0 aliphatic carbocycles. The number of urea groups is 1. The first-order valence-electron chi connectivity index (χ1n) is 5.64. The molecule has 102 valence electrons. The summed E-state index contributed by atoms with van der Waals surface area (Å²) in [4.78, 5) is 24.3. The van der Waals surface area contributed by atoms with E-state index in [9.17, 15) is 9.59 Å². The zero-order valence-corrected chi connectivity index (χ0v) is 11.1. The molecule has 2 N–H and O–H groups in total. The van der Waals surface area contributed by atoms with Crippen LogP contribution in [0, 0.1) is 0 Å². The minimum absolute atomic E-state index is 0.388. The lowest BCUT2D eigenvalue weighted by atomic mass is 10.3. The molecule has 1 aromatic carbocycles. The van der Waals surface area contributed by atoms with Gasteiger partial charge in [0.15, 0.2) is 0 Å². The molecular formula is C12H14N2O4S. The van der Waals surface area contributed by atoms with Gasteiger partial charge in [-0.15, -0.1) is 11.8 Å². The van der Waals surface area contributed by atoms with Crippen molar-refractivity contribution in [2.45, 2.75) is 6.04 Å². The Hall–Kier alpha value is -1.89. The molecule has 19 heavy (non-hydrogen) atoms. The summed E-state index contributed by atoms with van der Waals surface area (Å²) in [5.74, 6) is 0.526. The number of carboxylic acids is 1. The van der Waals surface area contributed by atoms with Gasteiger partial charge in [-0.3, -0.25) is 0 Å². The van der Waals surface area contributed by atoms with Crippen LogP contribution in [-0.4, -0.2) is 46.8 Å². The molecule has 1 atom stereocenters. The van der Waals surface area contributed by atoms with Crippen LogP contribution in [0.3, 0.4) is 0 Å². The predicted octanol–water partition coefficient (Wildman–Crippen LogP) is 1.69. The van der Waals surface area contributed by atoms with E-state index in [1.54, 1.807) is 31.4 Å². The maximum absolute atomic E-state index is 12.0. The fraction of sp³-hybridized carbons (Fsp3) is 0.333. The van der Waals surface area contributed by atoms with E-state index >= 15 is 0 Å². The minimum atomic E-state index is -0.977. The minimum Gasteiger partial charge on any atom is -0.497 e. The number of carboxylic acid groups (broad SMARTS) is 1. The lowest BCUT2D eigenvalue weighted by molar-refractivity contribution is -0.140. The maximum atomic E-state index is 12.0. The molecule has 7 heteroatoms. The van der Waals surface area contributed by atoms with Crippen molar-refractivity contribution < 1.29 is 19.4 Å². The predicted molar refractivity (Wildman–Crippen MR) is 72.6 cm³/mol. The number of hydrogen-bond donors (Lipinski definition) is 2. The number of thioether (sulfide) groups is 1. The first-order chi connectivity index (χ1) is 9.11. The third-order valence-electron chi connectivity index (χ3n) is 2.77. The van der Waals surface area contributed by atoms with Gasteiger partial charge in [0.25, 0.3) is 0 Å². The number of anilines is 1. The van der Waals surface area contributed by atoms with Gasteiger partial charge in [-0.1, -0.05) is 0 Å². The van der Waals surface area contributed by atoms with E-state index in [1.165, 1.54) is 16.7 Å². The molecule has 1 aliphatic heterocycles. The average Bonchev–Trinajstić information content (AvgIpc) is 2.89. The van der Waals surface area contributed by atoms with Gasteiger partial charge in [0.1, 0.15) is 11.8 Å². The number of nitrogens with zero attached hydrogens (tertiary/aromatic N) is 1. The summed E-state index contributed by atoms with van der Waals surface area (Å²) in [6.07, 6.45) is 0. The Balaban J connectivity index is 2.01. The van der Waals surface area contributed by atoms with Crippen LogP contribution in [0.5, 0.6) is 5.75 Å². The lowest BCUT2D eigenvalue weighted by Gasteiger charge is -2.20. The van der Waals surface area contributed by atoms with Crippen molar-refractivity contribution in [2.24, 2.45) is 0 Å². The molecule has 2 rings (SSSR count). The first-order valence-corrected chi connectivity index (χ1v) is 6.79. The van der Waals surface area contributed by atoms with Gasteiger partial charge in [0.05, 0.1) is 13.0 Å². The number of ether oxygens (including phenoxy) is 1. The SMILES string of the molecule is COc1ccc(NC(=O)N2CSCC2C(=O)O)cc1. The Morgan fingerprint density at radius 3 is 2.68 bits per heavy atom. The fourth-order valence-corrected chi connectivity index (χ4v) is 2.86. The molecule has 0 aromatic heterocycles. The van der Waals surface area contributed by atoms with E-state index in [0.717, 1.165) is 0 Å². The third kappa shape index (κ3) is 3.11. The Labute approximate surface area is 114 Å². The number of hydrogen-bond acceptors (Lipinski definition) is 4. The average molecular weight is 282 g/mol. The standard InChI is InChI=1S/C12H14N2O4S/c1-18-9-4-2-8(3-5-9)13-12(17)14-7-19-6-10(14)11(15)16/h2-5,10H,6-7H2,1H3,(H,13,17)(H,15,16). The number of carbonyl (C=O) groups is 2. The molecular weight excluding hydrogens is 268 g/mol. The van der Waals surface area contributed by atoms with Gasteiger partial charge in [0.2, 0.25) is 0 Å². The van der Waals surface area contributed by atoms with Crippen LogP contribution in [0.2, 0.25) is 0 Å². The van der Waals surface area contributed by atoms with E-state index < -0.39 is 18.0 Å². The van der Waals surface area contributed by atoms with Crippen molar-refractivity contribution in [3.8, 4) is 5.75 Å². The first kappa shape index (κ1) is 13.5. The monoisotopic (exact) mass is 282 g/mol. The molecule has 1 aliphatic rings. The molecule has 0 spiro atoms. The molecule has 1 unspecified atom stereocenters. The Morgan fingerprint density at radius 1 is 1.42 bits per heavy atom. The van der Waals surface area contributed by atoms with Crippen molar-refractivity contribution in [1.82, 2.24) is 4.90 Å². The van der Waals surface area contributed by atoms with E-state index in [0.29, 0.717) is 23.1 Å². The molecule has 0 bridgehead atoms. The van der Waals surface area contributed by atoms with Crippen LogP contribution in [0.15, 0.2) is 24.3 Å². The van der Waals surface area contributed by atoms with Gasteiger partial charge < -0.3 is 20.1 Å². The van der Waals surface area contributed by atoms with Crippen LogP contribution in [-0.2, 0) is 4.79 Å². The van der Waals surface area contributed by atoms with Gasteiger partial charge in [-0.05, 0) is 24.3 Å². The van der Waals surface area contributed by atoms with Crippen molar-refractivity contribution >= 4 is 29.4 Å². The van der Waals surface area contributed by atoms with Crippen molar-refractivity contribution in [3.63, 3.8) is 0 Å². The second-order valence-corrected chi connectivity index (χ2v) is 4.98. The molecule has 0 radical (unpaired) electrons. The Kier molecular flexibility index (Phi) is 4.16. The van der Waals surface area contributed by atoms with Gasteiger partial charge in [-0.2, -0.15) is 0 Å². The van der Waals surface area contributed by atoms with Crippen molar-refractivity contribution in [3.05, 3.63) is 24.3 Å². The van der Waals surface area contributed by atoms with E-state index in [-0.39, 0.29) is 0 Å². The molecule has 0 saturated carbocycles. The number of amides is 2. The zero-order valence-electron chi connectivity index (χ0n) is 10.3. The summed E-state index contributed by atoms with van der Waals surface area (Å²) in [5.41, 5.74) is 0.604. The highest BCUT2D eigenvalue weighted by Gasteiger charge is 2.34. The van der Waals surface area contributed by atoms with Crippen LogP contribution < -0.4 is 10.1 Å². The fourth-order valence-electron chi connectivity index (χ4n) is 1.72. The van der Waals surface area contributed by atoms with Crippen LogP contribution in [0.4, 0.5) is 10.5 Å². The zero-order chi connectivity index (χ0) is 13.8. The number of carbonyl (C=O) groups excluding carboxylic acids is 1. The van der Waals surface area contributed by atoms with Crippen LogP contribution in [0.1, 0.15) is 0 Å². The topological polar surface area (TPSA) is 78.9 Å². The van der Waals surface area contributed by atoms with Crippen LogP contribution >= 0.6 is 11.8 Å². The Morgan fingerprint density at radius 2 is 2.11 bits per heavy atom. The number of methoxy groups -OCH3 is 1. The van der Waals surface area contributed by atoms with Gasteiger partial charge in [0, 0.05) is 11.4 Å². The molecule has 1 heterocycles. The number of benzene rings is 1. The largest absolute Gasteiger partial charge is 0.497 e. The third-order valence-corrected chi connectivity index (χ3v) is 3.78. The second-order valence-electron chi connectivity index (χ2n) is 3.98. The molecule has 1 aromatic rings. The smallest absolute Gasteiger partial charge is 0.327 e. The van der Waals surface area contributed by atoms with E-state index in [4.69, 9.17) is 9.84 Å². The highest BCUT2D eigenvalue weighted by Crippen LogP contribution is 2.22. The summed E-state index contributed by atoms with van der Waals surface area (Å²) < 4.78 is 5.02. The van der Waals surface area contributed by atoms with Crippen molar-refractivity contribution in [2.75, 3.05) is 24.1 Å². The summed E-state index contributed by atoms with van der Waals surface area (Å²) in [6, 6.07) is 5.70. The quantitative estimate of drug-likeness (QED) is 0.882. The lowest BCUT2D eigenvalue weighted by Crippen LogP contribution is -2.43.